The summed E-state index contributed by atoms with van der Waals surface area (Å²) in [5.41, 5.74) is 0.683. The van der Waals surface area contributed by atoms with Gasteiger partial charge in [0.25, 0.3) is 0 Å². The molecule has 8 heteroatoms. The molecule has 0 radical (unpaired) electrons. The number of nitrogens with one attached hydrogen (secondary N) is 2. The Labute approximate surface area is 147 Å². The van der Waals surface area contributed by atoms with Crippen molar-refractivity contribution in [2.24, 2.45) is 0 Å². The van der Waals surface area contributed by atoms with Gasteiger partial charge in [0.05, 0.1) is 0 Å². The van der Waals surface area contributed by atoms with Crippen molar-refractivity contribution in [2.45, 2.75) is 6.54 Å². The lowest BCUT2D eigenvalue weighted by Gasteiger charge is -2.10. The minimum Gasteiger partial charge on any atom is -0.454 e. The largest absolute Gasteiger partial charge is 0.454 e. The van der Waals surface area contributed by atoms with Crippen molar-refractivity contribution in [3.05, 3.63) is 65.9 Å². The van der Waals surface area contributed by atoms with Gasteiger partial charge in [-0.05, 0) is 35.9 Å². The van der Waals surface area contributed by atoms with Crippen LogP contribution >= 0.6 is 0 Å². The van der Waals surface area contributed by atoms with Gasteiger partial charge < -0.3 is 20.1 Å². The Kier molecular flexibility index (Phi) is 4.22. The molecule has 0 spiro atoms. The highest BCUT2D eigenvalue weighted by atomic mass is 19.1. The Morgan fingerprint density at radius 3 is 2.65 bits per heavy atom. The van der Waals surface area contributed by atoms with Gasteiger partial charge in [-0.25, -0.2) is 13.8 Å². The molecule has 3 aromatic rings. The van der Waals surface area contributed by atoms with E-state index in [1.807, 2.05) is 18.2 Å². The highest BCUT2D eigenvalue weighted by Crippen LogP contribution is 2.32. The van der Waals surface area contributed by atoms with Crippen LogP contribution in [-0.4, -0.2) is 16.8 Å². The third kappa shape index (κ3) is 3.34. The van der Waals surface area contributed by atoms with E-state index in [0.717, 1.165) is 17.7 Å². The summed E-state index contributed by atoms with van der Waals surface area (Å²) in [5.74, 6) is 0.583. The first-order chi connectivity index (χ1) is 12.7. The number of aromatic nitrogens is 2. The van der Waals surface area contributed by atoms with Crippen LogP contribution in [0, 0.1) is 11.6 Å². The molecular formula is C18H14F2N4O2. The lowest BCUT2D eigenvalue weighted by atomic mass is 10.2. The monoisotopic (exact) mass is 356 g/mol. The van der Waals surface area contributed by atoms with Crippen LogP contribution in [0.5, 0.6) is 11.5 Å². The zero-order chi connectivity index (χ0) is 17.9. The van der Waals surface area contributed by atoms with E-state index in [4.69, 9.17) is 9.47 Å². The molecule has 2 N–H and O–H groups in total. The van der Waals surface area contributed by atoms with Crippen molar-refractivity contribution in [3.63, 3.8) is 0 Å². The van der Waals surface area contributed by atoms with E-state index in [1.54, 1.807) is 6.07 Å². The fourth-order valence-electron chi connectivity index (χ4n) is 2.49. The minimum atomic E-state index is -0.715. The normalized spacial score (nSPS) is 12.1. The van der Waals surface area contributed by atoms with Crippen molar-refractivity contribution in [3.8, 4) is 11.5 Å². The van der Waals surface area contributed by atoms with Crippen LogP contribution in [0.3, 0.4) is 0 Å². The van der Waals surface area contributed by atoms with Gasteiger partial charge in [-0.1, -0.05) is 12.1 Å². The second-order valence-corrected chi connectivity index (χ2v) is 5.53. The van der Waals surface area contributed by atoms with Gasteiger partial charge in [-0.2, -0.15) is 4.98 Å². The van der Waals surface area contributed by atoms with E-state index < -0.39 is 11.6 Å². The Balaban J connectivity index is 1.46. The molecule has 6 nitrogen and oxygen atoms in total. The van der Waals surface area contributed by atoms with Crippen molar-refractivity contribution in [2.75, 3.05) is 17.4 Å². The van der Waals surface area contributed by atoms with Crippen LogP contribution in [0.1, 0.15) is 5.56 Å². The van der Waals surface area contributed by atoms with E-state index in [0.29, 0.717) is 23.9 Å². The van der Waals surface area contributed by atoms with Gasteiger partial charge in [-0.15, -0.1) is 0 Å². The van der Waals surface area contributed by atoms with Crippen molar-refractivity contribution < 1.29 is 18.3 Å². The van der Waals surface area contributed by atoms with Gasteiger partial charge in [0, 0.05) is 12.7 Å². The summed E-state index contributed by atoms with van der Waals surface area (Å²) in [4.78, 5) is 8.20. The van der Waals surface area contributed by atoms with E-state index in [-0.39, 0.29) is 18.4 Å². The van der Waals surface area contributed by atoms with E-state index in [2.05, 4.69) is 20.6 Å². The highest BCUT2D eigenvalue weighted by Gasteiger charge is 2.13. The van der Waals surface area contributed by atoms with Crippen LogP contribution < -0.4 is 20.1 Å². The number of fused-ring (bicyclic) bond motifs is 1. The summed E-state index contributed by atoms with van der Waals surface area (Å²) in [7, 11) is 0. The van der Waals surface area contributed by atoms with Gasteiger partial charge >= 0.3 is 0 Å². The molecule has 0 saturated heterocycles. The number of nitrogens with zero attached hydrogens (tertiary/aromatic N) is 2. The molecule has 0 bridgehead atoms. The predicted octanol–water partition coefficient (Wildman–Crippen LogP) is 3.84. The quantitative estimate of drug-likeness (QED) is 0.724. The number of anilines is 3. The molecule has 0 unspecified atom stereocenters. The van der Waals surface area contributed by atoms with Gasteiger partial charge in [0.1, 0.15) is 23.1 Å². The number of ether oxygens (including phenoxy) is 2. The van der Waals surface area contributed by atoms with Crippen LogP contribution in [0.25, 0.3) is 0 Å². The zero-order valence-electron chi connectivity index (χ0n) is 13.5. The van der Waals surface area contributed by atoms with E-state index in [1.165, 1.54) is 12.3 Å². The average molecular weight is 356 g/mol. The van der Waals surface area contributed by atoms with Crippen LogP contribution in [0.4, 0.5) is 26.2 Å². The summed E-state index contributed by atoms with van der Waals surface area (Å²) >= 11 is 0. The summed E-state index contributed by atoms with van der Waals surface area (Å²) < 4.78 is 38.1. The summed E-state index contributed by atoms with van der Waals surface area (Å²) in [5, 5.41) is 5.70. The molecule has 26 heavy (non-hydrogen) atoms. The molecule has 1 aliphatic rings. The highest BCUT2D eigenvalue weighted by molar-refractivity contribution is 5.56. The molecule has 0 saturated carbocycles. The zero-order valence-corrected chi connectivity index (χ0v) is 13.5. The molecule has 1 aromatic heterocycles. The van der Waals surface area contributed by atoms with Crippen molar-refractivity contribution in [1.82, 2.24) is 9.97 Å². The standard InChI is InChI=1S/C18H14F2N4O2/c19-12-2-1-3-13(20)17(12)24-18-21-7-6-16(23-18)22-9-11-4-5-14-15(8-11)26-10-25-14/h1-8H,9-10H2,(H2,21,22,23,24). The molecule has 0 fully saturated rings. The van der Waals surface area contributed by atoms with Gasteiger partial charge in [0.2, 0.25) is 12.7 Å². The van der Waals surface area contributed by atoms with E-state index in [9.17, 15) is 8.78 Å². The Hall–Kier alpha value is -3.42. The maximum Gasteiger partial charge on any atom is 0.231 e. The molecule has 2 aromatic carbocycles. The molecule has 0 aliphatic carbocycles. The maximum absolute atomic E-state index is 13.7. The van der Waals surface area contributed by atoms with Crippen LogP contribution in [0.15, 0.2) is 48.7 Å². The summed E-state index contributed by atoms with van der Waals surface area (Å²) in [6.07, 6.45) is 1.50. The first kappa shape index (κ1) is 16.1. The molecule has 4 rings (SSSR count). The number of benzene rings is 2. The summed E-state index contributed by atoms with van der Waals surface area (Å²) in [6, 6.07) is 10.9. The van der Waals surface area contributed by atoms with Gasteiger partial charge in [-0.3, -0.25) is 0 Å². The Morgan fingerprint density at radius 2 is 1.81 bits per heavy atom. The minimum absolute atomic E-state index is 0.0877. The third-order valence-corrected chi connectivity index (χ3v) is 3.77. The van der Waals surface area contributed by atoms with Crippen molar-refractivity contribution in [1.29, 1.82) is 0 Å². The fourth-order valence-corrected chi connectivity index (χ4v) is 2.49. The molecule has 1 aliphatic heterocycles. The first-order valence-corrected chi connectivity index (χ1v) is 7.85. The Morgan fingerprint density at radius 1 is 1.00 bits per heavy atom. The predicted molar refractivity (Wildman–Crippen MR) is 91.6 cm³/mol. The average Bonchev–Trinajstić information content (AvgIpc) is 3.11. The number of hydrogen-bond donors (Lipinski definition) is 2. The SMILES string of the molecule is Fc1cccc(F)c1Nc1nccc(NCc2ccc3c(c2)OCO3)n1. The second kappa shape index (κ2) is 6.83. The maximum atomic E-state index is 13.7. The number of rotatable bonds is 5. The molecule has 0 atom stereocenters. The lowest BCUT2D eigenvalue weighted by molar-refractivity contribution is 0.174. The summed E-state index contributed by atoms with van der Waals surface area (Å²) in [6.45, 7) is 0.709. The van der Waals surface area contributed by atoms with E-state index >= 15 is 0 Å². The van der Waals surface area contributed by atoms with Crippen molar-refractivity contribution >= 4 is 17.5 Å². The number of hydrogen-bond acceptors (Lipinski definition) is 6. The van der Waals surface area contributed by atoms with Crippen LogP contribution in [0.2, 0.25) is 0 Å². The fraction of sp³-hybridized carbons (Fsp3) is 0.111. The lowest BCUT2D eigenvalue weighted by Crippen LogP contribution is -2.05. The third-order valence-electron chi connectivity index (χ3n) is 3.77. The second-order valence-electron chi connectivity index (χ2n) is 5.53. The van der Waals surface area contributed by atoms with Crippen LogP contribution in [-0.2, 0) is 6.54 Å². The first-order valence-electron chi connectivity index (χ1n) is 7.85. The molecule has 0 amide bonds. The number of halogens is 2. The molecule has 132 valence electrons. The topological polar surface area (TPSA) is 68.3 Å². The molecule has 2 heterocycles. The van der Waals surface area contributed by atoms with Gasteiger partial charge in [0.15, 0.2) is 11.5 Å². The smallest absolute Gasteiger partial charge is 0.231 e. The number of para-hydroxylation sites is 1. The molecular weight excluding hydrogens is 342 g/mol. The Bertz CT molecular complexity index is 932.